The van der Waals surface area contributed by atoms with Crippen LogP contribution in [0.15, 0.2) is 72.6 Å². The van der Waals surface area contributed by atoms with E-state index in [1.165, 1.54) is 28.8 Å². The Balaban J connectivity index is 0.00000148. The second-order valence-corrected chi connectivity index (χ2v) is 8.94. The Labute approximate surface area is 215 Å². The molecule has 3 aliphatic rings. The van der Waals surface area contributed by atoms with Gasteiger partial charge in [-0.25, -0.2) is 0 Å². The SMILES string of the molecule is CC.COc1cccc(C(=O)N2CCN(CC3=CNCN3)c3ccc(C4=CCCCC=C4)cc3C2)c1. The van der Waals surface area contributed by atoms with Crippen LogP contribution in [0, 0.1) is 0 Å². The molecular formula is C30H38N4O2. The molecule has 2 aromatic carbocycles. The summed E-state index contributed by atoms with van der Waals surface area (Å²) in [6, 6.07) is 14.2. The van der Waals surface area contributed by atoms with Crippen LogP contribution in [0.5, 0.6) is 5.75 Å². The summed E-state index contributed by atoms with van der Waals surface area (Å²) in [6.45, 7) is 7.55. The summed E-state index contributed by atoms with van der Waals surface area (Å²) in [6.07, 6.45) is 12.3. The molecule has 0 unspecified atom stereocenters. The summed E-state index contributed by atoms with van der Waals surface area (Å²) in [5.74, 6) is 0.731. The molecular weight excluding hydrogens is 448 g/mol. The van der Waals surface area contributed by atoms with E-state index in [4.69, 9.17) is 4.74 Å². The first-order valence-electron chi connectivity index (χ1n) is 13.1. The maximum Gasteiger partial charge on any atom is 0.254 e. The van der Waals surface area contributed by atoms with Gasteiger partial charge in [-0.3, -0.25) is 4.79 Å². The number of fused-ring (bicyclic) bond motifs is 1. The first kappa shape index (κ1) is 25.4. The van der Waals surface area contributed by atoms with Gasteiger partial charge in [-0.2, -0.15) is 0 Å². The van der Waals surface area contributed by atoms with Gasteiger partial charge in [0.05, 0.1) is 20.3 Å². The summed E-state index contributed by atoms with van der Waals surface area (Å²) in [7, 11) is 1.63. The van der Waals surface area contributed by atoms with Crippen LogP contribution in [-0.4, -0.2) is 44.2 Å². The maximum absolute atomic E-state index is 13.5. The van der Waals surface area contributed by atoms with Crippen LogP contribution in [0.2, 0.25) is 0 Å². The van der Waals surface area contributed by atoms with Crippen molar-refractivity contribution in [2.45, 2.75) is 39.7 Å². The molecule has 0 saturated carbocycles. The topological polar surface area (TPSA) is 56.8 Å². The molecule has 0 spiro atoms. The van der Waals surface area contributed by atoms with Gasteiger partial charge in [-0.05, 0) is 66.3 Å². The highest BCUT2D eigenvalue weighted by atomic mass is 16.5. The number of ether oxygens (including phenoxy) is 1. The smallest absolute Gasteiger partial charge is 0.254 e. The molecule has 190 valence electrons. The van der Waals surface area contributed by atoms with E-state index in [9.17, 15) is 4.79 Å². The third-order valence-electron chi connectivity index (χ3n) is 6.65. The van der Waals surface area contributed by atoms with Crippen LogP contribution >= 0.6 is 0 Å². The molecule has 0 atom stereocenters. The van der Waals surface area contributed by atoms with Crippen LogP contribution in [0.3, 0.4) is 0 Å². The number of hydrogen-bond acceptors (Lipinski definition) is 5. The van der Waals surface area contributed by atoms with Crippen LogP contribution in [0.1, 0.15) is 54.6 Å². The van der Waals surface area contributed by atoms with E-state index in [1.807, 2.05) is 49.2 Å². The van der Waals surface area contributed by atoms with Crippen molar-refractivity contribution in [3.63, 3.8) is 0 Å². The van der Waals surface area contributed by atoms with Crippen molar-refractivity contribution in [1.29, 1.82) is 0 Å². The van der Waals surface area contributed by atoms with E-state index in [2.05, 4.69) is 52.0 Å². The Bertz CT molecular complexity index is 1150. The molecule has 0 bridgehead atoms. The standard InChI is InChI=1S/C28H32N4O2.C2H6/c1-34-26-10-6-9-23(16-26)28(33)32-14-13-31(19-25-17-29-20-30-25)27-12-11-22(15-24(27)18-32)21-7-4-2-3-5-8-21;1-2/h4,6-12,15-17,29-30H,2-3,5,13-14,18-20H2,1H3;1-2H3. The average Bonchev–Trinajstić information content (AvgIpc) is 3.19. The minimum absolute atomic E-state index is 0.0329. The lowest BCUT2D eigenvalue weighted by molar-refractivity contribution is 0.0751. The molecule has 2 aliphatic heterocycles. The Kier molecular flexibility index (Phi) is 8.71. The van der Waals surface area contributed by atoms with Gasteiger partial charge in [0.2, 0.25) is 0 Å². The Morgan fingerprint density at radius 1 is 1.08 bits per heavy atom. The van der Waals surface area contributed by atoms with Crippen molar-refractivity contribution in [2.75, 3.05) is 38.3 Å². The third kappa shape index (κ3) is 5.93. The predicted octanol–water partition coefficient (Wildman–Crippen LogP) is 5.30. The highest BCUT2D eigenvalue weighted by molar-refractivity contribution is 5.95. The van der Waals surface area contributed by atoms with Gasteiger partial charge in [0, 0.05) is 42.8 Å². The molecule has 1 aliphatic carbocycles. The average molecular weight is 487 g/mol. The minimum Gasteiger partial charge on any atom is -0.497 e. The van der Waals surface area contributed by atoms with Crippen molar-refractivity contribution in [1.82, 2.24) is 15.5 Å². The molecule has 0 fully saturated rings. The van der Waals surface area contributed by atoms with Crippen molar-refractivity contribution in [2.24, 2.45) is 0 Å². The minimum atomic E-state index is 0.0329. The number of anilines is 1. The van der Waals surface area contributed by atoms with Crippen LogP contribution in [-0.2, 0) is 6.54 Å². The Hall–Kier alpha value is -3.67. The fourth-order valence-electron chi connectivity index (χ4n) is 4.81. The molecule has 2 heterocycles. The molecule has 2 aromatic rings. The van der Waals surface area contributed by atoms with Crippen LogP contribution in [0.25, 0.3) is 5.57 Å². The second-order valence-electron chi connectivity index (χ2n) is 8.94. The summed E-state index contributed by atoms with van der Waals surface area (Å²) < 4.78 is 5.35. The lowest BCUT2D eigenvalue weighted by atomic mass is 10.00. The van der Waals surface area contributed by atoms with Gasteiger partial charge in [-0.15, -0.1) is 0 Å². The fraction of sp³-hybridized carbons (Fsp3) is 0.367. The van der Waals surface area contributed by atoms with E-state index in [0.29, 0.717) is 24.4 Å². The Morgan fingerprint density at radius 2 is 1.97 bits per heavy atom. The van der Waals surface area contributed by atoms with Crippen molar-refractivity contribution >= 4 is 17.2 Å². The van der Waals surface area contributed by atoms with Crippen molar-refractivity contribution in [3.8, 4) is 5.75 Å². The summed E-state index contributed by atoms with van der Waals surface area (Å²) >= 11 is 0. The number of carbonyl (C=O) groups is 1. The lowest BCUT2D eigenvalue weighted by Gasteiger charge is -2.25. The molecule has 0 radical (unpaired) electrons. The quantitative estimate of drug-likeness (QED) is 0.601. The van der Waals surface area contributed by atoms with E-state index in [0.717, 1.165) is 38.3 Å². The highest BCUT2D eigenvalue weighted by Crippen LogP contribution is 2.31. The first-order chi connectivity index (χ1) is 17.7. The Morgan fingerprint density at radius 3 is 2.78 bits per heavy atom. The number of benzene rings is 2. The number of hydrogen-bond donors (Lipinski definition) is 2. The largest absolute Gasteiger partial charge is 0.497 e. The summed E-state index contributed by atoms with van der Waals surface area (Å²) in [5.41, 5.74) is 6.67. The third-order valence-corrected chi connectivity index (χ3v) is 6.65. The number of nitrogens with one attached hydrogen (secondary N) is 2. The molecule has 0 saturated heterocycles. The van der Waals surface area contributed by atoms with Gasteiger partial charge >= 0.3 is 0 Å². The second kappa shape index (κ2) is 12.3. The van der Waals surface area contributed by atoms with E-state index >= 15 is 0 Å². The molecule has 5 rings (SSSR count). The van der Waals surface area contributed by atoms with Crippen LogP contribution in [0.4, 0.5) is 5.69 Å². The van der Waals surface area contributed by atoms with Gasteiger partial charge in [0.15, 0.2) is 0 Å². The van der Waals surface area contributed by atoms with Gasteiger partial charge < -0.3 is 25.2 Å². The number of methoxy groups -OCH3 is 1. The zero-order valence-corrected chi connectivity index (χ0v) is 21.7. The normalized spacial score (nSPS) is 16.8. The zero-order chi connectivity index (χ0) is 25.3. The van der Waals surface area contributed by atoms with Gasteiger partial charge in [0.25, 0.3) is 5.91 Å². The maximum atomic E-state index is 13.5. The molecule has 6 heteroatoms. The van der Waals surface area contributed by atoms with Gasteiger partial charge in [-0.1, -0.05) is 44.2 Å². The molecule has 6 nitrogen and oxygen atoms in total. The van der Waals surface area contributed by atoms with Gasteiger partial charge in [0.1, 0.15) is 5.75 Å². The monoisotopic (exact) mass is 486 g/mol. The molecule has 2 N–H and O–H groups in total. The predicted molar refractivity (Wildman–Crippen MR) is 148 cm³/mol. The molecule has 1 amide bonds. The molecule has 36 heavy (non-hydrogen) atoms. The molecule has 0 aromatic heterocycles. The van der Waals surface area contributed by atoms with E-state index in [1.54, 1.807) is 7.11 Å². The fourth-order valence-corrected chi connectivity index (χ4v) is 4.81. The van der Waals surface area contributed by atoms with E-state index in [-0.39, 0.29) is 5.91 Å². The zero-order valence-electron chi connectivity index (χ0n) is 21.7. The lowest BCUT2D eigenvalue weighted by Crippen LogP contribution is -2.37. The van der Waals surface area contributed by atoms with Crippen molar-refractivity contribution in [3.05, 3.63) is 89.3 Å². The number of amides is 1. The van der Waals surface area contributed by atoms with Crippen LogP contribution < -0.4 is 20.3 Å². The van der Waals surface area contributed by atoms with E-state index < -0.39 is 0 Å². The number of allylic oxidation sites excluding steroid dienone is 4. The first-order valence-corrected chi connectivity index (χ1v) is 13.1. The highest BCUT2D eigenvalue weighted by Gasteiger charge is 2.25. The van der Waals surface area contributed by atoms with Crippen molar-refractivity contribution < 1.29 is 9.53 Å². The number of nitrogens with zero attached hydrogens (tertiary/aromatic N) is 2. The number of carbonyl (C=O) groups excluding carboxylic acids is 1. The summed E-state index contributed by atoms with van der Waals surface area (Å²) in [5, 5.41) is 6.62. The number of rotatable bonds is 5. The summed E-state index contributed by atoms with van der Waals surface area (Å²) in [4.78, 5) is 17.8.